The molecule has 0 saturated heterocycles. The third-order valence-electron chi connectivity index (χ3n) is 7.70. The van der Waals surface area contributed by atoms with Gasteiger partial charge in [0.1, 0.15) is 5.76 Å². The van der Waals surface area contributed by atoms with Gasteiger partial charge < -0.3 is 20.0 Å². The van der Waals surface area contributed by atoms with E-state index >= 15 is 0 Å². The summed E-state index contributed by atoms with van der Waals surface area (Å²) in [5.74, 6) is 1.91. The molecule has 2 aromatic rings. The van der Waals surface area contributed by atoms with Crippen LogP contribution in [0.2, 0.25) is 0 Å². The summed E-state index contributed by atoms with van der Waals surface area (Å²) in [5.41, 5.74) is 11.8. The molecule has 3 unspecified atom stereocenters. The Kier molecular flexibility index (Phi) is 5.64. The van der Waals surface area contributed by atoms with Crippen molar-refractivity contribution >= 4 is 40.0 Å². The molecule has 0 spiro atoms. The normalized spacial score (nSPS) is 27.2. The minimum absolute atomic E-state index is 0.250. The highest BCUT2D eigenvalue weighted by Crippen LogP contribution is 2.55. The van der Waals surface area contributed by atoms with Gasteiger partial charge >= 0.3 is 0 Å². The summed E-state index contributed by atoms with van der Waals surface area (Å²) in [6.07, 6.45) is 10.8. The summed E-state index contributed by atoms with van der Waals surface area (Å²) in [6, 6.07) is 2.09. The topological polar surface area (TPSA) is 88.5 Å². The van der Waals surface area contributed by atoms with E-state index in [0.29, 0.717) is 11.8 Å². The number of primary amides is 1. The van der Waals surface area contributed by atoms with Gasteiger partial charge in [0.15, 0.2) is 5.09 Å². The lowest BCUT2D eigenvalue weighted by Gasteiger charge is -2.33. The molecule has 2 bridgehead atoms. The summed E-state index contributed by atoms with van der Waals surface area (Å²) in [7, 11) is 0. The maximum absolute atomic E-state index is 11.1. The molecule has 31 heavy (non-hydrogen) atoms. The highest BCUT2D eigenvalue weighted by Gasteiger charge is 2.48. The van der Waals surface area contributed by atoms with E-state index in [1.54, 1.807) is 11.9 Å². The molecular weight excluding hydrogens is 476 g/mol. The van der Waals surface area contributed by atoms with Gasteiger partial charge in [-0.15, -0.1) is 0 Å². The number of anilines is 1. The fourth-order valence-corrected chi connectivity index (χ4v) is 7.83. The van der Waals surface area contributed by atoms with Crippen LogP contribution in [0.15, 0.2) is 20.0 Å². The summed E-state index contributed by atoms with van der Waals surface area (Å²) in [4.78, 5) is 8.58. The average Bonchev–Trinajstić information content (AvgIpc) is 3.52. The second-order valence-corrected chi connectivity index (χ2v) is 11.0. The van der Waals surface area contributed by atoms with Crippen molar-refractivity contribution in [3.63, 3.8) is 0 Å². The van der Waals surface area contributed by atoms with Crippen LogP contribution in [0.3, 0.4) is 0 Å². The predicted octanol–water partition coefficient (Wildman–Crippen LogP) is 5.35. The molecule has 6 rings (SSSR count). The second kappa shape index (κ2) is 8.16. The van der Waals surface area contributed by atoms with E-state index in [1.807, 2.05) is 6.92 Å². The van der Waals surface area contributed by atoms with Gasteiger partial charge in [-0.1, -0.05) is 15.9 Å². The summed E-state index contributed by atoms with van der Waals surface area (Å²) in [5, 5.41) is 12.0. The highest BCUT2D eigenvalue weighted by molar-refractivity contribution is 9.10. The number of aliphatic hydroxyl groups is 1. The van der Waals surface area contributed by atoms with Crippen LogP contribution in [-0.2, 0) is 36.1 Å². The molecular formula is C24H29BrN2O3S. The number of amides is 1. The predicted molar refractivity (Wildman–Crippen MR) is 126 cm³/mol. The quantitative estimate of drug-likeness (QED) is 0.387. The average molecular weight is 505 g/mol. The standard InChI is InChI=1S/C23H26BrNO2S.CH3NO/c1-23(26)13-9-8-12(10-13)22-18(23)11-19(27-22)28-25-21-16-6-2-4-14(16)20(24)15-5-3-7-17(15)21;2-1-3/h11-13,25-26H,2-10H2,1H3;1H,(H2,2,3). The van der Waals surface area contributed by atoms with Gasteiger partial charge in [0.05, 0.1) is 11.3 Å². The number of halogens is 1. The molecule has 1 saturated carbocycles. The smallest absolute Gasteiger partial charge is 0.204 e. The first-order valence-electron chi connectivity index (χ1n) is 11.3. The van der Waals surface area contributed by atoms with Crippen LogP contribution in [-0.4, -0.2) is 11.5 Å². The molecule has 4 N–H and O–H groups in total. The van der Waals surface area contributed by atoms with Crippen LogP contribution in [0.25, 0.3) is 0 Å². The first-order valence-corrected chi connectivity index (χ1v) is 12.9. The molecule has 166 valence electrons. The number of hydrogen-bond acceptors (Lipinski definition) is 5. The van der Waals surface area contributed by atoms with Crippen molar-refractivity contribution in [2.45, 2.75) is 81.3 Å². The molecule has 1 aromatic heterocycles. The van der Waals surface area contributed by atoms with Crippen LogP contribution >= 0.6 is 27.9 Å². The molecule has 1 amide bonds. The largest absolute Gasteiger partial charge is 0.452 e. The van der Waals surface area contributed by atoms with E-state index < -0.39 is 5.60 Å². The molecule has 0 aliphatic heterocycles. The Hall–Kier alpha value is -1.44. The summed E-state index contributed by atoms with van der Waals surface area (Å²) < 4.78 is 11.4. The van der Waals surface area contributed by atoms with Crippen molar-refractivity contribution in [1.29, 1.82) is 0 Å². The molecule has 1 fully saturated rings. The highest BCUT2D eigenvalue weighted by atomic mass is 79.9. The number of carbonyl (C=O) groups is 1. The Morgan fingerprint density at radius 1 is 1.19 bits per heavy atom. The Morgan fingerprint density at radius 2 is 1.81 bits per heavy atom. The third-order valence-corrected chi connectivity index (χ3v) is 9.37. The van der Waals surface area contributed by atoms with Crippen molar-refractivity contribution in [2.24, 2.45) is 11.7 Å². The number of hydrogen-bond donors (Lipinski definition) is 3. The summed E-state index contributed by atoms with van der Waals surface area (Å²) in [6.45, 7) is 1.98. The monoisotopic (exact) mass is 504 g/mol. The van der Waals surface area contributed by atoms with Crippen molar-refractivity contribution in [1.82, 2.24) is 0 Å². The molecule has 4 aliphatic carbocycles. The number of fused-ring (bicyclic) bond motifs is 6. The Balaban J connectivity index is 0.000000646. The molecule has 7 heteroatoms. The second-order valence-electron chi connectivity index (χ2n) is 9.35. The fourth-order valence-electron chi connectivity index (χ4n) is 6.19. The zero-order valence-corrected chi connectivity index (χ0v) is 20.2. The van der Waals surface area contributed by atoms with Gasteiger partial charge in [-0.05, 0) is 98.9 Å². The Bertz CT molecular complexity index is 997. The van der Waals surface area contributed by atoms with E-state index in [0.717, 1.165) is 48.5 Å². The molecule has 3 atom stereocenters. The van der Waals surface area contributed by atoms with E-state index in [-0.39, 0.29) is 6.41 Å². The van der Waals surface area contributed by atoms with Gasteiger partial charge in [-0.3, -0.25) is 4.79 Å². The SMILES string of the molecule is CC1(O)c2cc(SNc3c4c(c(Br)c5c3CCC5)CCC4)oc2C2CCC1C2.NC=O. The zero-order chi connectivity index (χ0) is 21.8. The lowest BCUT2D eigenvalue weighted by Crippen LogP contribution is -2.33. The van der Waals surface area contributed by atoms with Crippen LogP contribution in [0.5, 0.6) is 0 Å². The number of furan rings is 1. The van der Waals surface area contributed by atoms with Crippen molar-refractivity contribution in [3.05, 3.63) is 44.1 Å². The third kappa shape index (κ3) is 3.44. The molecule has 0 radical (unpaired) electrons. The van der Waals surface area contributed by atoms with E-state index in [1.165, 1.54) is 58.1 Å². The number of nitrogens with one attached hydrogen (secondary N) is 1. The van der Waals surface area contributed by atoms with Gasteiger partial charge in [0.25, 0.3) is 0 Å². The number of benzene rings is 1. The minimum Gasteiger partial charge on any atom is -0.452 e. The van der Waals surface area contributed by atoms with E-state index in [9.17, 15) is 5.11 Å². The molecule has 1 heterocycles. The molecule has 5 nitrogen and oxygen atoms in total. The van der Waals surface area contributed by atoms with Crippen LogP contribution in [0.1, 0.15) is 78.5 Å². The number of nitrogens with two attached hydrogens (primary N) is 1. The van der Waals surface area contributed by atoms with E-state index in [2.05, 4.69) is 32.5 Å². The van der Waals surface area contributed by atoms with Crippen molar-refractivity contribution < 1.29 is 14.3 Å². The molecule has 4 aliphatic rings. The number of carbonyl (C=O) groups excluding carboxylic acids is 1. The van der Waals surface area contributed by atoms with Gasteiger partial charge in [-0.2, -0.15) is 0 Å². The fraction of sp³-hybridized carbons (Fsp3) is 0.542. The zero-order valence-electron chi connectivity index (χ0n) is 17.8. The lowest BCUT2D eigenvalue weighted by molar-refractivity contribution is -0.106. The number of rotatable bonds is 3. The first kappa shape index (κ1) is 21.4. The lowest BCUT2D eigenvalue weighted by atomic mass is 9.76. The molecule has 1 aromatic carbocycles. The van der Waals surface area contributed by atoms with E-state index in [4.69, 9.17) is 9.21 Å². The van der Waals surface area contributed by atoms with Gasteiger partial charge in [-0.25, -0.2) is 0 Å². The summed E-state index contributed by atoms with van der Waals surface area (Å²) >= 11 is 5.49. The maximum atomic E-state index is 11.1. The van der Waals surface area contributed by atoms with Gasteiger partial charge in [0, 0.05) is 27.9 Å². The first-order chi connectivity index (χ1) is 15.0. The Labute approximate surface area is 195 Å². The van der Waals surface area contributed by atoms with Crippen LogP contribution in [0, 0.1) is 5.92 Å². The Morgan fingerprint density at radius 3 is 2.45 bits per heavy atom. The van der Waals surface area contributed by atoms with Crippen molar-refractivity contribution in [3.8, 4) is 0 Å². The maximum Gasteiger partial charge on any atom is 0.204 e. The van der Waals surface area contributed by atoms with Crippen LogP contribution in [0.4, 0.5) is 5.69 Å². The van der Waals surface area contributed by atoms with Crippen LogP contribution < -0.4 is 10.5 Å². The van der Waals surface area contributed by atoms with Crippen molar-refractivity contribution in [2.75, 3.05) is 4.72 Å². The van der Waals surface area contributed by atoms with Gasteiger partial charge in [0.2, 0.25) is 6.41 Å². The minimum atomic E-state index is -0.745.